The molecule has 0 aromatic heterocycles. The van der Waals surface area contributed by atoms with Gasteiger partial charge in [-0.05, 0) is 35.5 Å². The van der Waals surface area contributed by atoms with E-state index in [0.29, 0.717) is 16.2 Å². The van der Waals surface area contributed by atoms with Crippen molar-refractivity contribution in [3.8, 4) is 0 Å². The summed E-state index contributed by atoms with van der Waals surface area (Å²) in [6.07, 6.45) is 7.93. The van der Waals surface area contributed by atoms with E-state index in [1.165, 1.54) is 25.7 Å². The zero-order valence-electron chi connectivity index (χ0n) is 10.9. The highest BCUT2D eigenvalue weighted by Crippen LogP contribution is 2.59. The molecule has 1 fully saturated rings. The van der Waals surface area contributed by atoms with Gasteiger partial charge >= 0.3 is 0 Å². The van der Waals surface area contributed by atoms with Crippen LogP contribution in [0.5, 0.6) is 0 Å². The lowest BCUT2D eigenvalue weighted by atomic mass is 9.49. The molecule has 1 saturated carbocycles. The van der Waals surface area contributed by atoms with Crippen molar-refractivity contribution in [2.45, 2.75) is 67.2 Å². The quantitative estimate of drug-likeness (QED) is 0.518. The zero-order chi connectivity index (χ0) is 11.0. The van der Waals surface area contributed by atoms with Crippen LogP contribution in [0.25, 0.3) is 0 Å². The van der Waals surface area contributed by atoms with Gasteiger partial charge in [-0.2, -0.15) is 0 Å². The van der Waals surface area contributed by atoms with Gasteiger partial charge in [0.2, 0.25) is 0 Å². The lowest BCUT2D eigenvalue weighted by Crippen LogP contribution is -2.47. The first-order chi connectivity index (χ1) is 6.21. The summed E-state index contributed by atoms with van der Waals surface area (Å²) in [6, 6.07) is 0. The maximum Gasteiger partial charge on any atom is -0.0198 e. The first kappa shape index (κ1) is 12.1. The van der Waals surface area contributed by atoms with Crippen LogP contribution < -0.4 is 0 Å². The van der Waals surface area contributed by atoms with Crippen LogP contribution in [0.1, 0.15) is 67.2 Å². The van der Waals surface area contributed by atoms with Gasteiger partial charge in [-0.1, -0.05) is 54.4 Å². The lowest BCUT2D eigenvalue weighted by Gasteiger charge is -2.56. The fraction of sp³-hybridized carbons (Fsp3) is 0.929. The Labute approximate surface area is 90.5 Å². The topological polar surface area (TPSA) is 0 Å². The van der Waals surface area contributed by atoms with Crippen LogP contribution in [0.4, 0.5) is 0 Å². The predicted octanol–water partition coefficient (Wildman–Crippen LogP) is 4.84. The Hall–Kier alpha value is 0. The van der Waals surface area contributed by atoms with Crippen LogP contribution in [0.2, 0.25) is 0 Å². The molecule has 0 amide bonds. The highest BCUT2D eigenvalue weighted by molar-refractivity contribution is 5.03. The third-order valence-corrected chi connectivity index (χ3v) is 4.38. The van der Waals surface area contributed by atoms with E-state index < -0.39 is 0 Å². The molecule has 1 aliphatic carbocycles. The summed E-state index contributed by atoms with van der Waals surface area (Å²) in [4.78, 5) is 0. The monoisotopic (exact) mass is 195 g/mol. The second-order valence-corrected chi connectivity index (χ2v) is 6.97. The Morgan fingerprint density at radius 3 is 1.64 bits per heavy atom. The Balaban J connectivity index is 3.01. The van der Waals surface area contributed by atoms with E-state index >= 15 is 0 Å². The molecule has 0 aliphatic heterocycles. The van der Waals surface area contributed by atoms with E-state index in [0.717, 1.165) is 0 Å². The first-order valence-electron chi connectivity index (χ1n) is 6.02. The summed E-state index contributed by atoms with van der Waals surface area (Å²) in [5.74, 6) is 0. The van der Waals surface area contributed by atoms with Crippen molar-refractivity contribution >= 4 is 0 Å². The van der Waals surface area contributed by atoms with E-state index in [2.05, 4.69) is 48.0 Å². The highest BCUT2D eigenvalue weighted by atomic mass is 14.5. The second-order valence-electron chi connectivity index (χ2n) is 6.97. The van der Waals surface area contributed by atoms with Crippen molar-refractivity contribution in [3.05, 3.63) is 6.42 Å². The molecule has 0 N–H and O–H groups in total. The van der Waals surface area contributed by atoms with Crippen molar-refractivity contribution in [2.75, 3.05) is 0 Å². The van der Waals surface area contributed by atoms with Crippen molar-refractivity contribution in [1.82, 2.24) is 0 Å². The average molecular weight is 195 g/mol. The summed E-state index contributed by atoms with van der Waals surface area (Å²) in [5, 5.41) is 0. The summed E-state index contributed by atoms with van der Waals surface area (Å²) in [6.45, 7) is 14.5. The molecule has 0 saturated heterocycles. The van der Waals surface area contributed by atoms with Crippen molar-refractivity contribution < 1.29 is 0 Å². The first-order valence-corrected chi connectivity index (χ1v) is 6.02. The maximum atomic E-state index is 2.51. The van der Waals surface area contributed by atoms with Gasteiger partial charge in [-0.3, -0.25) is 0 Å². The molecule has 1 rings (SSSR count). The number of rotatable bonds is 0. The van der Waals surface area contributed by atoms with E-state index in [4.69, 9.17) is 0 Å². The molecule has 1 radical (unpaired) electrons. The molecule has 83 valence electrons. The Morgan fingerprint density at radius 2 is 1.43 bits per heavy atom. The molecule has 0 heteroatoms. The van der Waals surface area contributed by atoms with Crippen molar-refractivity contribution in [3.63, 3.8) is 0 Å². The van der Waals surface area contributed by atoms with Gasteiger partial charge in [0, 0.05) is 0 Å². The van der Waals surface area contributed by atoms with Gasteiger partial charge in [0.25, 0.3) is 0 Å². The molecule has 0 nitrogen and oxygen atoms in total. The van der Waals surface area contributed by atoms with Gasteiger partial charge in [0.05, 0.1) is 0 Å². The fourth-order valence-corrected chi connectivity index (χ4v) is 3.49. The lowest BCUT2D eigenvalue weighted by molar-refractivity contribution is -0.0516. The van der Waals surface area contributed by atoms with Crippen LogP contribution in [0, 0.1) is 22.7 Å². The number of hydrogen-bond donors (Lipinski definition) is 0. The predicted molar refractivity (Wildman–Crippen MR) is 64.1 cm³/mol. The van der Waals surface area contributed by atoms with Gasteiger partial charge in [-0.15, -0.1) is 0 Å². The zero-order valence-corrected chi connectivity index (χ0v) is 10.9. The summed E-state index contributed by atoms with van der Waals surface area (Å²) in [5.41, 5.74) is 1.34. The smallest absolute Gasteiger partial charge is 0.0198 e. The Kier molecular flexibility index (Phi) is 3.05. The Bertz CT molecular complexity index is 165. The SMILES string of the molecule is CC(C)(C)C1(C(C)(C)C)C[CH]CCC1. The molecule has 0 spiro atoms. The van der Waals surface area contributed by atoms with E-state index in [1.54, 1.807) is 0 Å². The molecular weight excluding hydrogens is 168 g/mol. The van der Waals surface area contributed by atoms with Gasteiger partial charge in [0.1, 0.15) is 0 Å². The van der Waals surface area contributed by atoms with Crippen molar-refractivity contribution in [2.24, 2.45) is 16.2 Å². The minimum Gasteiger partial charge on any atom is -0.0596 e. The number of hydrogen-bond acceptors (Lipinski definition) is 0. The molecule has 0 aromatic rings. The highest BCUT2D eigenvalue weighted by Gasteiger charge is 2.50. The molecule has 0 aromatic carbocycles. The fourth-order valence-electron chi connectivity index (χ4n) is 3.49. The third kappa shape index (κ3) is 1.85. The Morgan fingerprint density at radius 1 is 0.929 bits per heavy atom. The van der Waals surface area contributed by atoms with Crippen molar-refractivity contribution in [1.29, 1.82) is 0 Å². The summed E-state index contributed by atoms with van der Waals surface area (Å²) in [7, 11) is 0. The second kappa shape index (κ2) is 3.54. The van der Waals surface area contributed by atoms with Crippen LogP contribution in [0.15, 0.2) is 0 Å². The average Bonchev–Trinajstić information content (AvgIpc) is 2.02. The van der Waals surface area contributed by atoms with Crippen LogP contribution in [0.3, 0.4) is 0 Å². The van der Waals surface area contributed by atoms with Gasteiger partial charge < -0.3 is 0 Å². The minimum absolute atomic E-state index is 0.419. The minimum atomic E-state index is 0.419. The van der Waals surface area contributed by atoms with Crippen LogP contribution in [-0.4, -0.2) is 0 Å². The summed E-state index contributed by atoms with van der Waals surface area (Å²) >= 11 is 0. The third-order valence-electron chi connectivity index (χ3n) is 4.38. The molecule has 0 heterocycles. The molecule has 0 bridgehead atoms. The summed E-state index contributed by atoms with van der Waals surface area (Å²) < 4.78 is 0. The molecule has 14 heavy (non-hydrogen) atoms. The van der Waals surface area contributed by atoms with Crippen LogP contribution in [-0.2, 0) is 0 Å². The molecule has 0 atom stereocenters. The molecule has 1 aliphatic rings. The van der Waals surface area contributed by atoms with Gasteiger partial charge in [-0.25, -0.2) is 0 Å². The van der Waals surface area contributed by atoms with Gasteiger partial charge in [0.15, 0.2) is 0 Å². The van der Waals surface area contributed by atoms with E-state index in [-0.39, 0.29) is 0 Å². The normalized spacial score (nSPS) is 23.6. The largest absolute Gasteiger partial charge is 0.0596 e. The van der Waals surface area contributed by atoms with E-state index in [1.807, 2.05) is 0 Å². The molecule has 0 unspecified atom stereocenters. The van der Waals surface area contributed by atoms with Crippen LogP contribution >= 0.6 is 0 Å². The standard InChI is InChI=1S/C14H27/c1-12(2,3)14(13(4,5)6)10-8-7-9-11-14/h8H,7,9-11H2,1-6H3. The maximum absolute atomic E-state index is 2.51. The molecular formula is C14H27. The van der Waals surface area contributed by atoms with E-state index in [9.17, 15) is 0 Å².